The van der Waals surface area contributed by atoms with Crippen LogP contribution in [0.1, 0.15) is 18.3 Å². The Bertz CT molecular complexity index is 449. The maximum atomic E-state index is 5.58. The van der Waals surface area contributed by atoms with Gasteiger partial charge >= 0.3 is 0 Å². The molecule has 0 radical (unpaired) electrons. The van der Waals surface area contributed by atoms with Gasteiger partial charge in [-0.25, -0.2) is 0 Å². The largest absolute Gasteiger partial charge is 0.326 e. The topological polar surface area (TPSA) is 69.6 Å². The third-order valence-corrected chi connectivity index (χ3v) is 2.24. The van der Waals surface area contributed by atoms with Crippen molar-refractivity contribution in [1.29, 1.82) is 0 Å². The minimum atomic E-state index is 0.525. The fourth-order valence-electron chi connectivity index (χ4n) is 1.44. The Kier molecular flexibility index (Phi) is 2.73. The summed E-state index contributed by atoms with van der Waals surface area (Å²) in [7, 11) is 0. The molecule has 0 spiro atoms. The highest BCUT2D eigenvalue weighted by atomic mass is 15.5. The van der Waals surface area contributed by atoms with E-state index < -0.39 is 0 Å². The molecule has 0 bridgehead atoms. The summed E-state index contributed by atoms with van der Waals surface area (Å²) in [6.07, 6.45) is 0.805. The van der Waals surface area contributed by atoms with E-state index in [2.05, 4.69) is 15.5 Å². The van der Waals surface area contributed by atoms with Gasteiger partial charge < -0.3 is 5.73 Å². The molecule has 1 aromatic carbocycles. The smallest absolute Gasteiger partial charge is 0.156 e. The van der Waals surface area contributed by atoms with Crippen LogP contribution in [0.2, 0.25) is 0 Å². The van der Waals surface area contributed by atoms with Gasteiger partial charge in [0.15, 0.2) is 5.82 Å². The fraction of sp³-hybridized carbons (Fsp3) is 0.300. The summed E-state index contributed by atoms with van der Waals surface area (Å²) in [5, 5.41) is 11.5. The number of aromatic nitrogens is 4. The number of nitrogens with zero attached hydrogens (tertiary/aromatic N) is 4. The van der Waals surface area contributed by atoms with Crippen LogP contribution in [0.3, 0.4) is 0 Å². The molecule has 0 atom stereocenters. The van der Waals surface area contributed by atoms with E-state index in [0.717, 1.165) is 23.5 Å². The summed E-state index contributed by atoms with van der Waals surface area (Å²) >= 11 is 0. The van der Waals surface area contributed by atoms with E-state index in [0.29, 0.717) is 6.54 Å². The molecule has 1 aromatic heterocycles. The SMILES string of the molecule is CCc1nnnn1-c1cccc(CN)c1. The van der Waals surface area contributed by atoms with Crippen molar-refractivity contribution in [2.24, 2.45) is 5.73 Å². The van der Waals surface area contributed by atoms with Gasteiger partial charge in [-0.1, -0.05) is 19.1 Å². The van der Waals surface area contributed by atoms with Crippen molar-refractivity contribution in [3.8, 4) is 5.69 Å². The third-order valence-electron chi connectivity index (χ3n) is 2.24. The van der Waals surface area contributed by atoms with Crippen molar-refractivity contribution in [2.45, 2.75) is 19.9 Å². The van der Waals surface area contributed by atoms with Crippen molar-refractivity contribution < 1.29 is 0 Å². The summed E-state index contributed by atoms with van der Waals surface area (Å²) in [4.78, 5) is 0. The van der Waals surface area contributed by atoms with Crippen molar-refractivity contribution in [1.82, 2.24) is 20.2 Å². The Morgan fingerprint density at radius 1 is 1.40 bits per heavy atom. The lowest BCUT2D eigenvalue weighted by atomic mass is 10.2. The molecule has 78 valence electrons. The number of hydrogen-bond donors (Lipinski definition) is 1. The number of aryl methyl sites for hydroxylation is 1. The lowest BCUT2D eigenvalue weighted by Gasteiger charge is -2.04. The van der Waals surface area contributed by atoms with Crippen LogP contribution in [-0.4, -0.2) is 20.2 Å². The second kappa shape index (κ2) is 4.18. The molecule has 2 N–H and O–H groups in total. The molecule has 0 fully saturated rings. The molecule has 0 amide bonds. The fourth-order valence-corrected chi connectivity index (χ4v) is 1.44. The molecule has 0 unspecified atom stereocenters. The summed E-state index contributed by atoms with van der Waals surface area (Å²) in [6, 6.07) is 7.91. The molecule has 5 heteroatoms. The van der Waals surface area contributed by atoms with E-state index in [4.69, 9.17) is 5.73 Å². The van der Waals surface area contributed by atoms with Crippen molar-refractivity contribution >= 4 is 0 Å². The molecule has 2 rings (SSSR count). The zero-order valence-corrected chi connectivity index (χ0v) is 8.59. The third kappa shape index (κ3) is 1.87. The van der Waals surface area contributed by atoms with Gasteiger partial charge in [-0.3, -0.25) is 0 Å². The lowest BCUT2D eigenvalue weighted by Crippen LogP contribution is -2.04. The molecular formula is C10H13N5. The Hall–Kier alpha value is -1.75. The highest BCUT2D eigenvalue weighted by molar-refractivity contribution is 5.35. The van der Waals surface area contributed by atoms with Gasteiger partial charge in [0.1, 0.15) is 0 Å². The molecule has 0 saturated carbocycles. The number of nitrogens with two attached hydrogens (primary N) is 1. The summed E-state index contributed by atoms with van der Waals surface area (Å²) in [5.41, 5.74) is 7.61. The Labute approximate surface area is 87.9 Å². The zero-order chi connectivity index (χ0) is 10.7. The summed E-state index contributed by atoms with van der Waals surface area (Å²) < 4.78 is 1.74. The summed E-state index contributed by atoms with van der Waals surface area (Å²) in [6.45, 7) is 2.55. The van der Waals surface area contributed by atoms with Crippen LogP contribution < -0.4 is 5.73 Å². The molecule has 0 aliphatic heterocycles. The van der Waals surface area contributed by atoms with Crippen LogP contribution in [-0.2, 0) is 13.0 Å². The van der Waals surface area contributed by atoms with Crippen LogP contribution in [0.25, 0.3) is 5.69 Å². The first-order valence-electron chi connectivity index (χ1n) is 4.91. The van der Waals surface area contributed by atoms with E-state index in [9.17, 15) is 0 Å². The predicted molar refractivity (Wildman–Crippen MR) is 56.4 cm³/mol. The lowest BCUT2D eigenvalue weighted by molar-refractivity contribution is 0.765. The Morgan fingerprint density at radius 2 is 2.27 bits per heavy atom. The molecular weight excluding hydrogens is 190 g/mol. The van der Waals surface area contributed by atoms with E-state index in [1.165, 1.54) is 0 Å². The average molecular weight is 203 g/mol. The maximum Gasteiger partial charge on any atom is 0.156 e. The predicted octanol–water partition coefficient (Wildman–Crippen LogP) is 0.683. The average Bonchev–Trinajstić information content (AvgIpc) is 2.77. The second-order valence-electron chi connectivity index (χ2n) is 3.23. The summed E-state index contributed by atoms with van der Waals surface area (Å²) in [5.74, 6) is 0.851. The molecule has 2 aromatic rings. The highest BCUT2D eigenvalue weighted by Crippen LogP contribution is 2.10. The van der Waals surface area contributed by atoms with Gasteiger partial charge in [0, 0.05) is 13.0 Å². The molecule has 0 aliphatic carbocycles. The Balaban J connectivity index is 2.44. The van der Waals surface area contributed by atoms with Gasteiger partial charge in [0.2, 0.25) is 0 Å². The van der Waals surface area contributed by atoms with Crippen molar-refractivity contribution in [3.05, 3.63) is 35.7 Å². The first-order chi connectivity index (χ1) is 7.35. The normalized spacial score (nSPS) is 10.5. The van der Waals surface area contributed by atoms with Crippen LogP contribution in [0, 0.1) is 0 Å². The molecule has 15 heavy (non-hydrogen) atoms. The first kappa shape index (κ1) is 9.79. The molecule has 0 aliphatic rings. The van der Waals surface area contributed by atoms with Crippen LogP contribution >= 0.6 is 0 Å². The van der Waals surface area contributed by atoms with Gasteiger partial charge in [-0.2, -0.15) is 4.68 Å². The minimum absolute atomic E-state index is 0.525. The van der Waals surface area contributed by atoms with Crippen LogP contribution in [0.5, 0.6) is 0 Å². The minimum Gasteiger partial charge on any atom is -0.326 e. The quantitative estimate of drug-likeness (QED) is 0.796. The van der Waals surface area contributed by atoms with Gasteiger partial charge in [0.05, 0.1) is 5.69 Å². The van der Waals surface area contributed by atoms with Gasteiger partial charge in [-0.15, -0.1) is 5.10 Å². The van der Waals surface area contributed by atoms with Crippen molar-refractivity contribution in [2.75, 3.05) is 0 Å². The number of rotatable bonds is 3. The molecule has 0 saturated heterocycles. The van der Waals surface area contributed by atoms with Gasteiger partial charge in [-0.05, 0) is 28.1 Å². The molecule has 5 nitrogen and oxygen atoms in total. The Morgan fingerprint density at radius 3 is 3.00 bits per heavy atom. The highest BCUT2D eigenvalue weighted by Gasteiger charge is 2.05. The molecule has 1 heterocycles. The van der Waals surface area contributed by atoms with E-state index in [1.54, 1.807) is 4.68 Å². The maximum absolute atomic E-state index is 5.58. The van der Waals surface area contributed by atoms with Crippen LogP contribution in [0.4, 0.5) is 0 Å². The van der Waals surface area contributed by atoms with E-state index in [1.807, 2.05) is 31.2 Å². The van der Waals surface area contributed by atoms with E-state index in [-0.39, 0.29) is 0 Å². The van der Waals surface area contributed by atoms with Crippen LogP contribution in [0.15, 0.2) is 24.3 Å². The van der Waals surface area contributed by atoms with Crippen molar-refractivity contribution in [3.63, 3.8) is 0 Å². The first-order valence-corrected chi connectivity index (χ1v) is 4.91. The van der Waals surface area contributed by atoms with E-state index >= 15 is 0 Å². The second-order valence-corrected chi connectivity index (χ2v) is 3.23. The zero-order valence-electron chi connectivity index (χ0n) is 8.59. The number of hydrogen-bond acceptors (Lipinski definition) is 4. The van der Waals surface area contributed by atoms with Gasteiger partial charge in [0.25, 0.3) is 0 Å². The standard InChI is InChI=1S/C10H13N5/c1-2-10-12-13-14-15(10)9-5-3-4-8(6-9)7-11/h3-6H,2,7,11H2,1H3. The monoisotopic (exact) mass is 203 g/mol. The number of tetrazole rings is 1. The number of benzene rings is 1.